The van der Waals surface area contributed by atoms with E-state index in [1.54, 1.807) is 19.1 Å². The van der Waals surface area contributed by atoms with Gasteiger partial charge in [0.1, 0.15) is 24.0 Å². The minimum Gasteiger partial charge on any atom is -0.491 e. The van der Waals surface area contributed by atoms with Crippen molar-refractivity contribution >= 4 is 17.4 Å². The van der Waals surface area contributed by atoms with Gasteiger partial charge in [-0.3, -0.25) is 0 Å². The number of hydrogen-bond acceptors (Lipinski definition) is 3. The second kappa shape index (κ2) is 9.32. The third-order valence-electron chi connectivity index (χ3n) is 4.00. The number of amides is 2. The lowest BCUT2D eigenvalue weighted by Gasteiger charge is -2.21. The van der Waals surface area contributed by atoms with Crippen molar-refractivity contribution in [3.63, 3.8) is 0 Å². The molecule has 0 spiro atoms. The van der Waals surface area contributed by atoms with Crippen molar-refractivity contribution in [1.82, 2.24) is 10.6 Å². The molecule has 2 aromatic carbocycles. The van der Waals surface area contributed by atoms with Gasteiger partial charge in [0.2, 0.25) is 0 Å². The van der Waals surface area contributed by atoms with Crippen molar-refractivity contribution in [3.05, 3.63) is 88.1 Å². The van der Waals surface area contributed by atoms with Crippen molar-refractivity contribution in [2.24, 2.45) is 0 Å². The fourth-order valence-corrected chi connectivity index (χ4v) is 3.42. The van der Waals surface area contributed by atoms with Crippen LogP contribution >= 0.6 is 11.3 Å². The summed E-state index contributed by atoms with van der Waals surface area (Å²) in [4.78, 5) is 13.4. The van der Waals surface area contributed by atoms with Crippen LogP contribution in [-0.4, -0.2) is 18.7 Å². The fraction of sp³-hybridized carbons (Fsp3) is 0.190. The number of rotatable bonds is 7. The SMILES string of the molecule is CC(COc1ccc(F)cc1)NC(=O)NC(c1ccc(F)cc1)c1cccs1. The van der Waals surface area contributed by atoms with Crippen molar-refractivity contribution in [1.29, 1.82) is 0 Å². The number of carbonyl (C=O) groups is 1. The van der Waals surface area contributed by atoms with Crippen LogP contribution in [0.4, 0.5) is 13.6 Å². The minimum absolute atomic E-state index is 0.235. The normalized spacial score (nSPS) is 12.8. The number of benzene rings is 2. The first-order valence-corrected chi connectivity index (χ1v) is 9.63. The maximum atomic E-state index is 13.2. The molecule has 0 aliphatic carbocycles. The molecule has 0 aliphatic rings. The van der Waals surface area contributed by atoms with Crippen molar-refractivity contribution < 1.29 is 18.3 Å². The molecule has 28 heavy (non-hydrogen) atoms. The van der Waals surface area contributed by atoms with E-state index in [1.807, 2.05) is 17.5 Å². The quantitative estimate of drug-likeness (QED) is 0.592. The fourth-order valence-electron chi connectivity index (χ4n) is 2.62. The molecule has 1 aromatic heterocycles. The highest BCUT2D eigenvalue weighted by molar-refractivity contribution is 7.10. The van der Waals surface area contributed by atoms with Gasteiger partial charge in [-0.15, -0.1) is 11.3 Å². The Labute approximate surface area is 166 Å². The molecule has 0 saturated heterocycles. The summed E-state index contributed by atoms with van der Waals surface area (Å²) in [5, 5.41) is 7.66. The van der Waals surface area contributed by atoms with E-state index in [0.717, 1.165) is 10.4 Å². The molecule has 2 N–H and O–H groups in total. The van der Waals surface area contributed by atoms with Gasteiger partial charge in [-0.25, -0.2) is 13.6 Å². The highest BCUT2D eigenvalue weighted by Gasteiger charge is 2.19. The summed E-state index contributed by atoms with van der Waals surface area (Å²) in [6.45, 7) is 2.04. The molecule has 4 nitrogen and oxygen atoms in total. The monoisotopic (exact) mass is 402 g/mol. The predicted molar refractivity (Wildman–Crippen MR) is 106 cm³/mol. The van der Waals surface area contributed by atoms with Crippen LogP contribution in [0.5, 0.6) is 5.75 Å². The zero-order chi connectivity index (χ0) is 19.9. The number of hydrogen-bond donors (Lipinski definition) is 2. The van der Waals surface area contributed by atoms with Gasteiger partial charge in [-0.1, -0.05) is 18.2 Å². The molecule has 2 amide bonds. The second-order valence-corrected chi connectivity index (χ2v) is 7.26. The third kappa shape index (κ3) is 5.53. The van der Waals surface area contributed by atoms with Crippen LogP contribution in [0.3, 0.4) is 0 Å². The Morgan fingerprint density at radius 1 is 1.00 bits per heavy atom. The van der Waals surface area contributed by atoms with E-state index < -0.39 is 0 Å². The van der Waals surface area contributed by atoms with Gasteiger partial charge in [-0.05, 0) is 60.3 Å². The molecule has 3 rings (SSSR count). The summed E-state index contributed by atoms with van der Waals surface area (Å²) in [6.07, 6.45) is 0. The van der Waals surface area contributed by atoms with E-state index in [1.165, 1.54) is 47.7 Å². The molecule has 3 aromatic rings. The first-order valence-electron chi connectivity index (χ1n) is 8.75. The molecular formula is C21H20F2N2O2S. The zero-order valence-corrected chi connectivity index (χ0v) is 16.0. The van der Waals surface area contributed by atoms with E-state index in [9.17, 15) is 13.6 Å². The molecule has 1 heterocycles. The Morgan fingerprint density at radius 3 is 2.25 bits per heavy atom. The maximum absolute atomic E-state index is 13.2. The van der Waals surface area contributed by atoms with E-state index in [2.05, 4.69) is 10.6 Å². The first-order chi connectivity index (χ1) is 13.5. The van der Waals surface area contributed by atoms with Crippen LogP contribution in [0.25, 0.3) is 0 Å². The van der Waals surface area contributed by atoms with Crippen LogP contribution in [0, 0.1) is 11.6 Å². The summed E-state index contributed by atoms with van der Waals surface area (Å²) < 4.78 is 31.7. The van der Waals surface area contributed by atoms with Crippen molar-refractivity contribution in [2.45, 2.75) is 19.0 Å². The van der Waals surface area contributed by atoms with Crippen LogP contribution < -0.4 is 15.4 Å². The molecule has 146 valence electrons. The van der Waals surface area contributed by atoms with Crippen molar-refractivity contribution in [2.75, 3.05) is 6.61 Å². The van der Waals surface area contributed by atoms with Crippen LogP contribution in [-0.2, 0) is 0 Å². The molecule has 0 saturated carbocycles. The van der Waals surface area contributed by atoms with E-state index >= 15 is 0 Å². The Morgan fingerprint density at radius 2 is 1.64 bits per heavy atom. The van der Waals surface area contributed by atoms with Gasteiger partial charge in [0.05, 0.1) is 12.1 Å². The number of carbonyl (C=O) groups excluding carboxylic acids is 1. The third-order valence-corrected chi connectivity index (χ3v) is 4.93. The Kier molecular flexibility index (Phi) is 6.60. The highest BCUT2D eigenvalue weighted by atomic mass is 32.1. The Balaban J connectivity index is 1.58. The summed E-state index contributed by atoms with van der Waals surface area (Å²) >= 11 is 1.51. The predicted octanol–water partition coefficient (Wildman–Crippen LogP) is 4.88. The van der Waals surface area contributed by atoms with Crippen LogP contribution in [0.1, 0.15) is 23.4 Å². The van der Waals surface area contributed by atoms with Gasteiger partial charge in [0, 0.05) is 4.88 Å². The average Bonchev–Trinajstić information content (AvgIpc) is 3.21. The molecular weight excluding hydrogens is 382 g/mol. The first kappa shape index (κ1) is 19.8. The maximum Gasteiger partial charge on any atom is 0.315 e. The molecule has 0 aliphatic heterocycles. The minimum atomic E-state index is -0.384. The molecule has 2 unspecified atom stereocenters. The summed E-state index contributed by atoms with van der Waals surface area (Å²) in [5.74, 6) is -0.138. The van der Waals surface area contributed by atoms with Gasteiger partial charge < -0.3 is 15.4 Å². The van der Waals surface area contributed by atoms with Crippen LogP contribution in [0.15, 0.2) is 66.0 Å². The molecule has 0 radical (unpaired) electrons. The Hall–Kier alpha value is -2.93. The largest absolute Gasteiger partial charge is 0.491 e. The Bertz CT molecular complexity index is 884. The number of ether oxygens (including phenoxy) is 1. The van der Waals surface area contributed by atoms with Crippen LogP contribution in [0.2, 0.25) is 0 Å². The summed E-state index contributed by atoms with van der Waals surface area (Å²) in [6, 6.07) is 14.5. The molecule has 2 atom stereocenters. The molecule has 0 bridgehead atoms. The highest BCUT2D eigenvalue weighted by Crippen LogP contribution is 2.26. The van der Waals surface area contributed by atoms with Crippen molar-refractivity contribution in [3.8, 4) is 5.75 Å². The smallest absolute Gasteiger partial charge is 0.315 e. The lowest BCUT2D eigenvalue weighted by atomic mass is 10.1. The lowest BCUT2D eigenvalue weighted by molar-refractivity contribution is 0.224. The van der Waals surface area contributed by atoms with Gasteiger partial charge in [-0.2, -0.15) is 0 Å². The van der Waals surface area contributed by atoms with E-state index in [4.69, 9.17) is 4.74 Å². The topological polar surface area (TPSA) is 50.4 Å². The van der Waals surface area contributed by atoms with E-state index in [-0.39, 0.29) is 36.4 Å². The average molecular weight is 402 g/mol. The molecule has 0 fully saturated rings. The van der Waals surface area contributed by atoms with E-state index in [0.29, 0.717) is 5.75 Å². The number of thiophene rings is 1. The number of halogens is 2. The lowest BCUT2D eigenvalue weighted by Crippen LogP contribution is -2.44. The van der Waals surface area contributed by atoms with Gasteiger partial charge >= 0.3 is 6.03 Å². The summed E-state index contributed by atoms with van der Waals surface area (Å²) in [5.41, 5.74) is 0.786. The standard InChI is InChI=1S/C21H20F2N2O2S/c1-14(13-27-18-10-8-17(23)9-11-18)24-21(26)25-20(19-3-2-12-28-19)15-4-6-16(22)7-5-15/h2-12,14,20H,13H2,1H3,(H2,24,25,26). The molecule has 7 heteroatoms. The number of nitrogens with one attached hydrogen (secondary N) is 2. The summed E-state index contributed by atoms with van der Waals surface area (Å²) in [7, 11) is 0. The second-order valence-electron chi connectivity index (χ2n) is 6.28. The van der Waals surface area contributed by atoms with Gasteiger partial charge in [0.15, 0.2) is 0 Å². The zero-order valence-electron chi connectivity index (χ0n) is 15.2. The number of urea groups is 1. The van der Waals surface area contributed by atoms with Gasteiger partial charge in [0.25, 0.3) is 0 Å².